The number of hydrogen-bond acceptors (Lipinski definition) is 6. The molecule has 1 amide bonds. The quantitative estimate of drug-likeness (QED) is 0.467. The van der Waals surface area contributed by atoms with Crippen molar-refractivity contribution in [1.29, 1.82) is 0 Å². The van der Waals surface area contributed by atoms with Crippen molar-refractivity contribution in [1.82, 2.24) is 30.5 Å². The molecule has 3 heterocycles. The Hall–Kier alpha value is -3.52. The molecule has 29 heavy (non-hydrogen) atoms. The third kappa shape index (κ3) is 4.33. The summed E-state index contributed by atoms with van der Waals surface area (Å²) in [5.41, 5.74) is 9.17. The first-order chi connectivity index (χ1) is 14.0. The number of aromatic nitrogens is 5. The number of anilines is 1. The van der Waals surface area contributed by atoms with Crippen molar-refractivity contribution in [3.63, 3.8) is 0 Å². The van der Waals surface area contributed by atoms with Gasteiger partial charge in [-0.15, -0.1) is 5.10 Å². The van der Waals surface area contributed by atoms with Crippen LogP contribution in [0.3, 0.4) is 0 Å². The topological polar surface area (TPSA) is 122 Å². The lowest BCUT2D eigenvalue weighted by Crippen LogP contribution is -2.24. The van der Waals surface area contributed by atoms with E-state index in [1.165, 1.54) is 0 Å². The summed E-state index contributed by atoms with van der Waals surface area (Å²) in [7, 11) is 0. The fourth-order valence-corrected chi connectivity index (χ4v) is 3.15. The molecule has 146 valence electrons. The Morgan fingerprint density at radius 1 is 1.21 bits per heavy atom. The van der Waals surface area contributed by atoms with Gasteiger partial charge in [-0.3, -0.25) is 14.9 Å². The van der Waals surface area contributed by atoms with Gasteiger partial charge in [0.2, 0.25) is 5.82 Å². The van der Waals surface area contributed by atoms with E-state index in [9.17, 15) is 4.79 Å². The number of aromatic amines is 1. The van der Waals surface area contributed by atoms with Crippen LogP contribution in [0.1, 0.15) is 33.3 Å². The SMILES string of the molecule is Cc1nc(N)ccc1CNC(=O)c1n[nH]c(Cc2ccc3ncc(Cl)cc3c2)n1. The minimum Gasteiger partial charge on any atom is -0.384 e. The number of pyridine rings is 2. The molecular formula is C20H18ClN7O. The van der Waals surface area contributed by atoms with Gasteiger partial charge in [0.1, 0.15) is 11.6 Å². The fourth-order valence-electron chi connectivity index (χ4n) is 2.98. The van der Waals surface area contributed by atoms with Crippen molar-refractivity contribution >= 4 is 34.2 Å². The van der Waals surface area contributed by atoms with Crippen molar-refractivity contribution in [2.45, 2.75) is 19.9 Å². The smallest absolute Gasteiger partial charge is 0.291 e. The van der Waals surface area contributed by atoms with Crippen LogP contribution in [0.5, 0.6) is 0 Å². The van der Waals surface area contributed by atoms with E-state index in [1.54, 1.807) is 12.3 Å². The number of amides is 1. The molecule has 4 N–H and O–H groups in total. The molecule has 0 aliphatic rings. The van der Waals surface area contributed by atoms with Gasteiger partial charge in [0.15, 0.2) is 0 Å². The van der Waals surface area contributed by atoms with Gasteiger partial charge in [-0.05, 0) is 42.3 Å². The second kappa shape index (κ2) is 7.84. The van der Waals surface area contributed by atoms with Crippen LogP contribution >= 0.6 is 11.6 Å². The molecule has 0 bridgehead atoms. The highest BCUT2D eigenvalue weighted by Gasteiger charge is 2.13. The third-order valence-electron chi connectivity index (χ3n) is 4.47. The Morgan fingerprint density at radius 3 is 2.90 bits per heavy atom. The number of nitrogens with zero attached hydrogens (tertiary/aromatic N) is 4. The van der Waals surface area contributed by atoms with E-state index in [-0.39, 0.29) is 11.7 Å². The Balaban J connectivity index is 1.43. The van der Waals surface area contributed by atoms with E-state index in [1.807, 2.05) is 37.3 Å². The molecule has 0 atom stereocenters. The number of nitrogens with one attached hydrogen (secondary N) is 2. The fraction of sp³-hybridized carbons (Fsp3) is 0.150. The second-order valence-electron chi connectivity index (χ2n) is 6.63. The Labute approximate surface area is 171 Å². The van der Waals surface area contributed by atoms with Crippen molar-refractivity contribution < 1.29 is 4.79 Å². The number of benzene rings is 1. The number of rotatable bonds is 5. The van der Waals surface area contributed by atoms with Crippen LogP contribution in [0.15, 0.2) is 42.6 Å². The first-order valence-corrected chi connectivity index (χ1v) is 9.31. The monoisotopic (exact) mass is 407 g/mol. The minimum absolute atomic E-state index is 0.0894. The highest BCUT2D eigenvalue weighted by atomic mass is 35.5. The zero-order chi connectivity index (χ0) is 20.4. The lowest BCUT2D eigenvalue weighted by Gasteiger charge is -2.06. The Bertz CT molecular complexity index is 1200. The number of aryl methyl sites for hydroxylation is 1. The standard InChI is InChI=1S/C20H18ClN7O/c1-11-13(3-5-17(22)25-11)9-24-20(29)19-26-18(27-28-19)7-12-2-4-16-14(6-12)8-15(21)10-23-16/h2-6,8,10H,7,9H2,1H3,(H2,22,25)(H,24,29)(H,26,27,28). The molecule has 0 fully saturated rings. The summed E-state index contributed by atoms with van der Waals surface area (Å²) < 4.78 is 0. The molecule has 0 radical (unpaired) electrons. The predicted octanol–water partition coefficient (Wildman–Crippen LogP) is 2.81. The van der Waals surface area contributed by atoms with Gasteiger partial charge in [0, 0.05) is 30.2 Å². The average Bonchev–Trinajstić information content (AvgIpc) is 3.15. The summed E-state index contributed by atoms with van der Waals surface area (Å²) in [6.45, 7) is 2.16. The van der Waals surface area contributed by atoms with Gasteiger partial charge >= 0.3 is 0 Å². The zero-order valence-electron chi connectivity index (χ0n) is 15.6. The molecule has 4 rings (SSSR count). The summed E-state index contributed by atoms with van der Waals surface area (Å²) >= 11 is 6.02. The molecule has 0 aliphatic carbocycles. The van der Waals surface area contributed by atoms with Gasteiger partial charge in [-0.25, -0.2) is 9.97 Å². The number of nitrogen functional groups attached to an aromatic ring is 1. The van der Waals surface area contributed by atoms with E-state index in [4.69, 9.17) is 17.3 Å². The average molecular weight is 408 g/mol. The van der Waals surface area contributed by atoms with Crippen molar-refractivity contribution in [2.24, 2.45) is 0 Å². The maximum atomic E-state index is 12.4. The van der Waals surface area contributed by atoms with Gasteiger partial charge < -0.3 is 11.1 Å². The van der Waals surface area contributed by atoms with E-state index in [0.717, 1.165) is 27.7 Å². The third-order valence-corrected chi connectivity index (χ3v) is 4.68. The van der Waals surface area contributed by atoms with Crippen LogP contribution in [-0.4, -0.2) is 31.1 Å². The van der Waals surface area contributed by atoms with Crippen LogP contribution in [0, 0.1) is 6.92 Å². The van der Waals surface area contributed by atoms with Crippen molar-refractivity contribution in [3.05, 3.63) is 76.1 Å². The number of nitrogens with two attached hydrogens (primary N) is 1. The maximum Gasteiger partial charge on any atom is 0.291 e. The summed E-state index contributed by atoms with van der Waals surface area (Å²) in [5, 5.41) is 11.2. The number of H-pyrrole nitrogens is 1. The number of halogens is 1. The summed E-state index contributed by atoms with van der Waals surface area (Å²) in [6, 6.07) is 11.3. The molecule has 4 aromatic rings. The van der Waals surface area contributed by atoms with Crippen molar-refractivity contribution in [2.75, 3.05) is 5.73 Å². The summed E-state index contributed by atoms with van der Waals surface area (Å²) in [5.74, 6) is 0.766. The highest BCUT2D eigenvalue weighted by molar-refractivity contribution is 6.31. The van der Waals surface area contributed by atoms with Crippen molar-refractivity contribution in [3.8, 4) is 0 Å². The molecule has 0 spiro atoms. The molecule has 0 saturated carbocycles. The number of hydrogen-bond donors (Lipinski definition) is 3. The van der Waals surface area contributed by atoms with Crippen LogP contribution < -0.4 is 11.1 Å². The molecule has 0 unspecified atom stereocenters. The predicted molar refractivity (Wildman–Crippen MR) is 110 cm³/mol. The Kier molecular flexibility index (Phi) is 5.09. The van der Waals surface area contributed by atoms with Gasteiger partial charge in [0.05, 0.1) is 10.5 Å². The van der Waals surface area contributed by atoms with E-state index >= 15 is 0 Å². The van der Waals surface area contributed by atoms with E-state index in [0.29, 0.717) is 29.6 Å². The first-order valence-electron chi connectivity index (χ1n) is 8.93. The number of carbonyl (C=O) groups excluding carboxylic acids is 1. The van der Waals surface area contributed by atoms with E-state index in [2.05, 4.69) is 30.5 Å². The number of fused-ring (bicyclic) bond motifs is 1. The van der Waals surface area contributed by atoms with Gasteiger partial charge in [-0.1, -0.05) is 23.7 Å². The van der Waals surface area contributed by atoms with Gasteiger partial charge in [0.25, 0.3) is 5.91 Å². The van der Waals surface area contributed by atoms with Crippen LogP contribution in [-0.2, 0) is 13.0 Å². The summed E-state index contributed by atoms with van der Waals surface area (Å²) in [6.07, 6.45) is 2.12. The lowest BCUT2D eigenvalue weighted by atomic mass is 10.1. The summed E-state index contributed by atoms with van der Waals surface area (Å²) in [4.78, 5) is 25.1. The maximum absolute atomic E-state index is 12.4. The second-order valence-corrected chi connectivity index (χ2v) is 7.06. The van der Waals surface area contributed by atoms with Crippen LogP contribution in [0.25, 0.3) is 10.9 Å². The number of carbonyl (C=O) groups is 1. The Morgan fingerprint density at radius 2 is 2.07 bits per heavy atom. The molecule has 3 aromatic heterocycles. The molecule has 0 saturated heterocycles. The molecule has 9 heteroatoms. The molecular weight excluding hydrogens is 390 g/mol. The molecule has 0 aliphatic heterocycles. The van der Waals surface area contributed by atoms with Crippen LogP contribution in [0.4, 0.5) is 5.82 Å². The largest absolute Gasteiger partial charge is 0.384 e. The van der Waals surface area contributed by atoms with Gasteiger partial charge in [-0.2, -0.15) is 0 Å². The van der Waals surface area contributed by atoms with Crippen LogP contribution in [0.2, 0.25) is 5.02 Å². The minimum atomic E-state index is -0.363. The highest BCUT2D eigenvalue weighted by Crippen LogP contribution is 2.19. The molecule has 8 nitrogen and oxygen atoms in total. The normalized spacial score (nSPS) is 11.0. The lowest BCUT2D eigenvalue weighted by molar-refractivity contribution is 0.0941. The van der Waals surface area contributed by atoms with E-state index < -0.39 is 0 Å². The molecule has 1 aromatic carbocycles. The zero-order valence-corrected chi connectivity index (χ0v) is 16.4. The first kappa shape index (κ1) is 18.8.